The molecule has 0 aliphatic rings. The van der Waals surface area contributed by atoms with Crippen molar-refractivity contribution < 1.29 is 4.42 Å². The highest BCUT2D eigenvalue weighted by atomic mass is 32.1. The summed E-state index contributed by atoms with van der Waals surface area (Å²) in [5, 5.41) is 15.5. The Morgan fingerprint density at radius 2 is 2.24 bits per heavy atom. The molecule has 0 saturated heterocycles. The monoisotopic (exact) mass is 251 g/mol. The molecule has 0 aliphatic heterocycles. The van der Waals surface area contributed by atoms with E-state index in [2.05, 4.69) is 39.3 Å². The molecule has 0 bridgehead atoms. The second-order valence-corrected chi connectivity index (χ2v) is 4.64. The van der Waals surface area contributed by atoms with Crippen LogP contribution in [-0.2, 0) is 12.8 Å². The lowest BCUT2D eigenvalue weighted by molar-refractivity contribution is 0.450. The van der Waals surface area contributed by atoms with Gasteiger partial charge in [0.25, 0.3) is 0 Å². The molecule has 0 radical (unpaired) electrons. The van der Waals surface area contributed by atoms with Crippen LogP contribution in [0.2, 0.25) is 0 Å². The van der Waals surface area contributed by atoms with Gasteiger partial charge < -0.3 is 9.73 Å². The normalized spacial score (nSPS) is 10.9. The summed E-state index contributed by atoms with van der Waals surface area (Å²) in [4.78, 5) is 0. The van der Waals surface area contributed by atoms with Crippen molar-refractivity contribution in [1.82, 2.24) is 15.5 Å². The van der Waals surface area contributed by atoms with Crippen LogP contribution < -0.4 is 5.32 Å². The quantitative estimate of drug-likeness (QED) is 0.767. The fourth-order valence-corrected chi connectivity index (χ4v) is 2.24. The molecule has 2 rings (SSSR count). The Labute approximate surface area is 105 Å². The van der Waals surface area contributed by atoms with Crippen molar-refractivity contribution in [3.63, 3.8) is 0 Å². The van der Waals surface area contributed by atoms with E-state index in [1.807, 2.05) is 0 Å². The van der Waals surface area contributed by atoms with E-state index in [1.54, 1.807) is 11.3 Å². The third-order valence-corrected chi connectivity index (χ3v) is 3.17. The number of hydrogen-bond acceptors (Lipinski definition) is 5. The number of rotatable bonds is 7. The second kappa shape index (κ2) is 6.51. The molecule has 4 nitrogen and oxygen atoms in total. The maximum Gasteiger partial charge on any atom is 0.220 e. The molecule has 92 valence electrons. The van der Waals surface area contributed by atoms with Crippen molar-refractivity contribution in [2.24, 2.45) is 0 Å². The smallest absolute Gasteiger partial charge is 0.220 e. The maximum absolute atomic E-state index is 5.59. The maximum atomic E-state index is 5.59. The molecule has 0 aliphatic carbocycles. The SMILES string of the molecule is CCNCCCc1nnc(Cc2ccsc2)o1. The molecule has 0 saturated carbocycles. The zero-order valence-corrected chi connectivity index (χ0v) is 10.8. The highest BCUT2D eigenvalue weighted by Crippen LogP contribution is 2.12. The third-order valence-electron chi connectivity index (χ3n) is 2.44. The van der Waals surface area contributed by atoms with Crippen LogP contribution >= 0.6 is 11.3 Å². The Morgan fingerprint density at radius 1 is 1.35 bits per heavy atom. The Morgan fingerprint density at radius 3 is 3.00 bits per heavy atom. The zero-order valence-electron chi connectivity index (χ0n) is 9.98. The van der Waals surface area contributed by atoms with E-state index >= 15 is 0 Å². The van der Waals surface area contributed by atoms with Crippen LogP contribution in [0.4, 0.5) is 0 Å². The number of nitrogens with zero attached hydrogens (tertiary/aromatic N) is 2. The minimum absolute atomic E-state index is 0.710. The highest BCUT2D eigenvalue weighted by Gasteiger charge is 2.06. The molecular weight excluding hydrogens is 234 g/mol. The van der Waals surface area contributed by atoms with E-state index in [1.165, 1.54) is 5.56 Å². The number of aromatic nitrogens is 2. The fourth-order valence-electron chi connectivity index (χ4n) is 1.57. The van der Waals surface area contributed by atoms with Crippen molar-refractivity contribution >= 4 is 11.3 Å². The molecule has 0 spiro atoms. The van der Waals surface area contributed by atoms with Gasteiger partial charge in [0.05, 0.1) is 6.42 Å². The minimum atomic E-state index is 0.710. The van der Waals surface area contributed by atoms with Crippen LogP contribution in [0, 0.1) is 0 Å². The van der Waals surface area contributed by atoms with E-state index in [-0.39, 0.29) is 0 Å². The zero-order chi connectivity index (χ0) is 11.9. The van der Waals surface area contributed by atoms with Crippen LogP contribution in [0.15, 0.2) is 21.2 Å². The lowest BCUT2D eigenvalue weighted by Crippen LogP contribution is -2.14. The Bertz CT molecular complexity index is 425. The average Bonchev–Trinajstić information content (AvgIpc) is 2.97. The van der Waals surface area contributed by atoms with Crippen molar-refractivity contribution in [2.45, 2.75) is 26.2 Å². The summed E-state index contributed by atoms with van der Waals surface area (Å²) >= 11 is 1.69. The van der Waals surface area contributed by atoms with Crippen molar-refractivity contribution in [1.29, 1.82) is 0 Å². The molecule has 1 N–H and O–H groups in total. The van der Waals surface area contributed by atoms with Crippen molar-refractivity contribution in [2.75, 3.05) is 13.1 Å². The number of thiophene rings is 1. The molecule has 2 aromatic heterocycles. The predicted molar refractivity (Wildman–Crippen MR) is 68.3 cm³/mol. The van der Waals surface area contributed by atoms with Gasteiger partial charge in [0, 0.05) is 6.42 Å². The van der Waals surface area contributed by atoms with Crippen LogP contribution in [-0.4, -0.2) is 23.3 Å². The molecule has 0 aromatic carbocycles. The Balaban J connectivity index is 1.79. The van der Waals surface area contributed by atoms with Gasteiger partial charge >= 0.3 is 0 Å². The summed E-state index contributed by atoms with van der Waals surface area (Å²) < 4.78 is 5.59. The van der Waals surface area contributed by atoms with Gasteiger partial charge in [-0.05, 0) is 41.9 Å². The Hall–Kier alpha value is -1.20. The minimum Gasteiger partial charge on any atom is -0.425 e. The summed E-state index contributed by atoms with van der Waals surface area (Å²) in [6, 6.07) is 2.08. The van der Waals surface area contributed by atoms with Crippen LogP contribution in [0.1, 0.15) is 30.7 Å². The Kier molecular flexibility index (Phi) is 4.70. The van der Waals surface area contributed by atoms with Gasteiger partial charge in [0.1, 0.15) is 0 Å². The van der Waals surface area contributed by atoms with Crippen molar-refractivity contribution in [3.8, 4) is 0 Å². The molecule has 2 aromatic rings. The number of nitrogens with one attached hydrogen (secondary N) is 1. The molecule has 2 heterocycles. The van der Waals surface area contributed by atoms with Crippen LogP contribution in [0.25, 0.3) is 0 Å². The van der Waals surface area contributed by atoms with E-state index in [9.17, 15) is 0 Å². The van der Waals surface area contributed by atoms with Gasteiger partial charge in [-0.1, -0.05) is 6.92 Å². The summed E-state index contributed by atoms with van der Waals surface area (Å²) in [5.41, 5.74) is 1.23. The lowest BCUT2D eigenvalue weighted by atomic mass is 10.2. The fraction of sp³-hybridized carbons (Fsp3) is 0.500. The van der Waals surface area contributed by atoms with E-state index in [4.69, 9.17) is 4.42 Å². The molecule has 17 heavy (non-hydrogen) atoms. The first-order chi connectivity index (χ1) is 8.38. The topological polar surface area (TPSA) is 51.0 Å². The first-order valence-corrected chi connectivity index (χ1v) is 6.86. The predicted octanol–water partition coefficient (Wildman–Crippen LogP) is 2.26. The van der Waals surface area contributed by atoms with Gasteiger partial charge in [-0.25, -0.2) is 0 Å². The largest absolute Gasteiger partial charge is 0.425 e. The summed E-state index contributed by atoms with van der Waals surface area (Å²) in [5.74, 6) is 1.45. The molecule has 0 atom stereocenters. The van der Waals surface area contributed by atoms with Gasteiger partial charge in [-0.15, -0.1) is 10.2 Å². The standard InChI is InChI=1S/C12H17N3OS/c1-2-13-6-3-4-11-14-15-12(16-11)8-10-5-7-17-9-10/h5,7,9,13H,2-4,6,8H2,1H3. The number of hydrogen-bond donors (Lipinski definition) is 1. The molecule has 0 unspecified atom stereocenters. The van der Waals surface area contributed by atoms with Crippen LogP contribution in [0.3, 0.4) is 0 Å². The molecule has 0 fully saturated rings. The third kappa shape index (κ3) is 3.94. The van der Waals surface area contributed by atoms with Gasteiger partial charge in [0.2, 0.25) is 11.8 Å². The van der Waals surface area contributed by atoms with Gasteiger partial charge in [0.15, 0.2) is 0 Å². The van der Waals surface area contributed by atoms with Gasteiger partial charge in [-0.3, -0.25) is 0 Å². The highest BCUT2D eigenvalue weighted by molar-refractivity contribution is 7.07. The van der Waals surface area contributed by atoms with Crippen molar-refractivity contribution in [3.05, 3.63) is 34.2 Å². The van der Waals surface area contributed by atoms with Crippen LogP contribution in [0.5, 0.6) is 0 Å². The summed E-state index contributed by atoms with van der Waals surface area (Å²) in [6.45, 7) is 4.11. The van der Waals surface area contributed by atoms with E-state index in [0.717, 1.165) is 38.2 Å². The molecule has 0 amide bonds. The lowest BCUT2D eigenvalue weighted by Gasteiger charge is -1.97. The molecular formula is C12H17N3OS. The second-order valence-electron chi connectivity index (χ2n) is 3.86. The summed E-state index contributed by atoms with van der Waals surface area (Å²) in [6.07, 6.45) is 2.63. The molecule has 5 heteroatoms. The summed E-state index contributed by atoms with van der Waals surface area (Å²) in [7, 11) is 0. The van der Waals surface area contributed by atoms with Gasteiger partial charge in [-0.2, -0.15) is 11.3 Å². The first-order valence-electron chi connectivity index (χ1n) is 5.91. The van der Waals surface area contributed by atoms with E-state index in [0.29, 0.717) is 5.89 Å². The first kappa shape index (κ1) is 12.3. The number of aryl methyl sites for hydroxylation is 1. The van der Waals surface area contributed by atoms with E-state index < -0.39 is 0 Å². The average molecular weight is 251 g/mol.